The molecule has 0 rings (SSSR count). The van der Waals surface area contributed by atoms with Crippen molar-refractivity contribution < 1.29 is 0 Å². The Labute approximate surface area is 735 Å². The van der Waals surface area contributed by atoms with E-state index in [-0.39, 0.29) is 0 Å². The molecule has 0 aromatic rings. The minimum Gasteiger partial charge on any atom is 0.000000149 e. The van der Waals surface area contributed by atoms with Gasteiger partial charge in [-0.3, -0.25) is 0 Å². The highest BCUT2D eigenvalue weighted by Gasteiger charge is 2.70. The lowest BCUT2D eigenvalue weighted by Crippen LogP contribution is -3.01. The summed E-state index contributed by atoms with van der Waals surface area (Å²) in [4.78, 5) is 0. The van der Waals surface area contributed by atoms with Crippen LogP contribution in [0.5, 0.6) is 0 Å². The van der Waals surface area contributed by atoms with Gasteiger partial charge in [-0.05, 0) is 0 Å². The van der Waals surface area contributed by atoms with Crippen LogP contribution in [0.4, 0.5) is 0 Å². The molecular weight excluding hydrogens is 1140 g/mol. The van der Waals surface area contributed by atoms with Gasteiger partial charge in [-0.1, -0.05) is 0 Å². The average molecular weight is 1240 g/mol. The monoisotopic (exact) mass is 1260 g/mol. The van der Waals surface area contributed by atoms with Crippen LogP contribution in [0.1, 0.15) is 0 Å². The SMILES string of the molecule is BBB(B(B)B)B(B(B)B)B(B(B(B(B)B)B(B)B)B(B(B)B)B(B)B)B(B(B(B(B)B)B(B)B)B(B(B)B)B(B)B)B(B(B(B(B(B)B)B(B)B)B(B(B)B)B(B)B)B(B(B(B)B)B(B)B)B(B(B)B)B(B)B)B(B(B(B(B)B)B(B)B)B(B(B)B)B(B)B)B(B(B(B)B)B(B)B)B(B(B)B)B(B)B. The smallest absolute Gasteiger partial charge is 0.000000149 e. The minimum atomic E-state index is 0.401. The molecule has 0 unspecified atom stereocenters. The zero-order chi connectivity index (χ0) is 83.2. The lowest BCUT2D eigenvalue weighted by atomic mass is 8.18. The fourth-order valence-electron chi connectivity index (χ4n) is 30.8. The summed E-state index contributed by atoms with van der Waals surface area (Å²) in [6, 6.07) is 0. The molecule has 0 fully saturated rings. The molecule has 0 aliphatic heterocycles. The summed E-state index contributed by atoms with van der Waals surface area (Å²) in [5, 5.41) is 0. The molecule has 0 aliphatic carbocycles. The van der Waals surface area contributed by atoms with Crippen molar-refractivity contribution in [1.82, 2.24) is 0 Å². The predicted molar refractivity (Wildman–Crippen MR) is 753 cm³/mol. The zero-order valence-corrected chi connectivity index (χ0v) is 83.2. The Bertz CT molecular complexity index is 1790. The van der Waals surface area contributed by atoms with Gasteiger partial charge in [0.15, 0.2) is 0 Å². The molecule has 0 aliphatic rings. The summed E-state index contributed by atoms with van der Waals surface area (Å²) < 4.78 is 0. The van der Waals surface area contributed by atoms with Crippen molar-refractivity contribution in [1.29, 1.82) is 0 Å². The molecule has 0 bridgehead atoms. The molecule has 0 saturated carbocycles. The maximum atomic E-state index is 2.86. The molecule has 0 nitrogen and oxygen atoms in total. The van der Waals surface area contributed by atoms with Crippen LogP contribution in [0, 0.1) is 0 Å². The summed E-state index contributed by atoms with van der Waals surface area (Å²) >= 11 is 0. The van der Waals surface area contributed by atoms with Gasteiger partial charge in [-0.2, -0.15) is 0 Å². The van der Waals surface area contributed by atoms with Crippen LogP contribution >= 0.6 is 0 Å². The molecule has 105 heteroatoms. The topological polar surface area (TPSA) is 0 Å². The van der Waals surface area contributed by atoms with Crippen LogP contribution in [0.2, 0.25) is 0 Å². The molecule has 0 atom stereocenters. The fraction of sp³-hybridized carbons (Fsp3) is 0. The number of hydrogen-bond donors (Lipinski definition) is 0. The van der Waals surface area contributed by atoms with Crippen molar-refractivity contribution >= 4 is 743 Å². The second-order valence-corrected chi connectivity index (χ2v) is 47.3. The van der Waals surface area contributed by atoms with Gasteiger partial charge in [0, 0.05) is 333 Å². The first-order valence-corrected chi connectivity index (χ1v) is 47.8. The maximum absolute atomic E-state index is 2.86. The highest BCUT2D eigenvalue weighted by molar-refractivity contribution is 8.44. The Morgan fingerprint density at radius 2 is 0.152 bits per heavy atom. The van der Waals surface area contributed by atoms with Crippen molar-refractivity contribution in [3.8, 4) is 0 Å². The molecule has 0 aromatic carbocycles. The number of rotatable bonds is 51. The summed E-state index contributed by atoms with van der Waals surface area (Å²) in [6.07, 6.45) is 26.3. The van der Waals surface area contributed by atoms with E-state index in [1.54, 1.807) is 0 Å². The Morgan fingerprint density at radius 1 is 0.0857 bits per heavy atom. The quantitative estimate of drug-likeness (QED) is 0.0533. The van der Waals surface area contributed by atoms with Crippen molar-refractivity contribution in [3.63, 3.8) is 0 Å². The van der Waals surface area contributed by atoms with E-state index in [0.29, 0.717) is 326 Å². The summed E-state index contributed by atoms with van der Waals surface area (Å²) in [7, 11) is 149. The van der Waals surface area contributed by atoms with Gasteiger partial charge in [0.05, 0.1) is 410 Å². The van der Waals surface area contributed by atoms with E-state index in [1.807, 2.05) is 0 Å². The van der Waals surface area contributed by atoms with E-state index in [0.717, 1.165) is 0 Å². The van der Waals surface area contributed by atoms with E-state index in [4.69, 9.17) is 0 Å². The maximum Gasteiger partial charge on any atom is 0.0593 e. The Hall–Kier alpha value is 6.82. The van der Waals surface area contributed by atoms with Crippen molar-refractivity contribution in [3.05, 3.63) is 0 Å². The van der Waals surface area contributed by atoms with E-state index >= 15 is 0 Å². The van der Waals surface area contributed by atoms with E-state index in [2.05, 4.69) is 410 Å². The van der Waals surface area contributed by atoms with Crippen LogP contribution in [0.3, 0.4) is 0 Å². The van der Waals surface area contributed by atoms with Crippen molar-refractivity contribution in [2.24, 2.45) is 0 Å². The molecule has 0 aromatic heterocycles. The van der Waals surface area contributed by atoms with E-state index in [9.17, 15) is 0 Å². The Kier molecular flexibility index (Phi) is 55.0. The first-order valence-electron chi connectivity index (χ1n) is 47.8. The third-order valence-electron chi connectivity index (χ3n) is 31.3. The lowest BCUT2D eigenvalue weighted by molar-refractivity contribution is 3.12. The van der Waals surface area contributed by atoms with E-state index < -0.39 is 0 Å². The standard InChI is InChI=1S/B105H107/c1-54-81(55(2)3)94(80(52)53)101(95(82(56(4)5)57(6)7)83(58(8)9)59(10)11)104(100(92(76(44)45)77(46)47)93(78(48)49)79(50)51)105(102(96(84(60(12)13)61(14)15)85(62(16)17)63(18)19)97(86(64(20)21)65(22)23)87(66(24)25)67(26)27)103(98(88(68(28)29)69(30)31)89(70(32)33)71(34)35)99(90(72(36)37)73(38)39)91(74(40)41)75(42)43/h54H,1-53H2. The lowest BCUT2D eigenvalue weighted by Gasteiger charge is -2.63. The summed E-state index contributed by atoms with van der Waals surface area (Å²) in [5.74, 6) is 0. The Morgan fingerprint density at radius 3 is 0.210 bits per heavy atom. The molecular formula is H107B105. The Balaban J connectivity index is 15.1. The summed E-state index contributed by atoms with van der Waals surface area (Å²) in [5.41, 5.74) is 0. The molecule has 0 spiro atoms. The third kappa shape index (κ3) is 30.1. The van der Waals surface area contributed by atoms with Crippen molar-refractivity contribution in [2.75, 3.05) is 0 Å². The van der Waals surface area contributed by atoms with Crippen LogP contribution in [0.25, 0.3) is 0 Å². The molecule has 0 heterocycles. The van der Waals surface area contributed by atoms with Gasteiger partial charge < -0.3 is 0 Å². The summed E-state index contributed by atoms with van der Waals surface area (Å²) in [6.45, 7) is 0. The largest absolute Gasteiger partial charge is 0.0593 e. The second kappa shape index (κ2) is 51.7. The second-order valence-electron chi connectivity index (χ2n) is 47.3. The van der Waals surface area contributed by atoms with Crippen LogP contribution in [-0.4, -0.2) is 743 Å². The van der Waals surface area contributed by atoms with Gasteiger partial charge >= 0.3 is 0 Å². The van der Waals surface area contributed by atoms with Crippen molar-refractivity contribution in [2.45, 2.75) is 0 Å². The molecule has 422 valence electrons. The predicted octanol–water partition coefficient (Wildman–Crippen LogP) is -68.6. The first kappa shape index (κ1) is 112. The fourth-order valence-corrected chi connectivity index (χ4v) is 30.8. The highest BCUT2D eigenvalue weighted by atomic mass is 13.5. The van der Waals surface area contributed by atoms with Crippen LogP contribution in [0.15, 0.2) is 0 Å². The molecule has 0 N–H and O–H groups in total. The molecule has 0 amide bonds. The van der Waals surface area contributed by atoms with Gasteiger partial charge in [0.25, 0.3) is 0 Å². The molecule has 0 radical (unpaired) electrons. The highest BCUT2D eigenvalue weighted by Crippen LogP contribution is 2.31. The molecule has 105 heavy (non-hydrogen) atoms. The minimum absolute atomic E-state index is 0.401. The van der Waals surface area contributed by atoms with Gasteiger partial charge in [0.2, 0.25) is 0 Å². The van der Waals surface area contributed by atoms with Gasteiger partial charge in [-0.25, -0.2) is 0 Å². The molecule has 0 saturated heterocycles. The zero-order valence-electron chi connectivity index (χ0n) is 83.2. The first-order chi connectivity index (χ1) is 47.8. The normalized spacial score (nSPS) is 9.83. The average Bonchev–Trinajstić information content (AvgIpc) is 3.42. The number of hydrogen-bond acceptors (Lipinski definition) is 0. The van der Waals surface area contributed by atoms with Crippen LogP contribution in [-0.2, 0) is 0 Å². The van der Waals surface area contributed by atoms with Gasteiger partial charge in [-0.15, -0.1) is 0 Å². The van der Waals surface area contributed by atoms with Gasteiger partial charge in [0.1, 0.15) is 0 Å². The van der Waals surface area contributed by atoms with Crippen LogP contribution < -0.4 is 0 Å². The third-order valence-corrected chi connectivity index (χ3v) is 31.3. The van der Waals surface area contributed by atoms with E-state index in [1.165, 1.54) is 7.06 Å².